The fraction of sp³-hybridized carbons (Fsp3) is 0.250. The fourth-order valence-electron chi connectivity index (χ4n) is 2.77. The van der Waals surface area contributed by atoms with E-state index in [9.17, 15) is 0 Å². The molecule has 0 saturated heterocycles. The Labute approximate surface area is 143 Å². The van der Waals surface area contributed by atoms with Crippen molar-refractivity contribution in [3.63, 3.8) is 0 Å². The van der Waals surface area contributed by atoms with E-state index < -0.39 is 0 Å². The van der Waals surface area contributed by atoms with Gasteiger partial charge in [0.2, 0.25) is 0 Å². The monoisotopic (exact) mass is 321 g/mol. The first-order valence-corrected chi connectivity index (χ1v) is 8.16. The zero-order valence-electron chi connectivity index (χ0n) is 14.0. The first-order chi connectivity index (χ1) is 11.7. The summed E-state index contributed by atoms with van der Waals surface area (Å²) < 4.78 is 2.20. The van der Waals surface area contributed by atoms with Gasteiger partial charge in [-0.1, -0.05) is 54.6 Å². The zero-order chi connectivity index (χ0) is 16.8. The molecular weight excluding hydrogens is 298 g/mol. The van der Waals surface area contributed by atoms with E-state index in [4.69, 9.17) is 5.11 Å². The van der Waals surface area contributed by atoms with Gasteiger partial charge in [-0.3, -0.25) is 4.90 Å². The Hall–Kier alpha value is -2.43. The molecule has 0 radical (unpaired) electrons. The van der Waals surface area contributed by atoms with Gasteiger partial charge >= 0.3 is 0 Å². The van der Waals surface area contributed by atoms with Crippen LogP contribution in [0, 0.1) is 0 Å². The molecule has 1 N–H and O–H groups in total. The highest BCUT2D eigenvalue weighted by Crippen LogP contribution is 2.11. The van der Waals surface area contributed by atoms with Crippen LogP contribution in [0.5, 0.6) is 0 Å². The van der Waals surface area contributed by atoms with E-state index in [1.165, 1.54) is 11.1 Å². The predicted molar refractivity (Wildman–Crippen MR) is 95.3 cm³/mol. The standard InChI is InChI=1S/C20H23N3O/c1-22(13-18-7-9-19(16-24)10-8-18)15-20-21-11-12-23(20)14-17-5-3-2-4-6-17/h2-12,24H,13-16H2,1H3. The molecule has 0 amide bonds. The summed E-state index contributed by atoms with van der Waals surface area (Å²) in [6.07, 6.45) is 3.90. The van der Waals surface area contributed by atoms with Crippen molar-refractivity contribution in [1.29, 1.82) is 0 Å². The molecule has 124 valence electrons. The highest BCUT2D eigenvalue weighted by molar-refractivity contribution is 5.22. The Morgan fingerprint density at radius 2 is 1.62 bits per heavy atom. The molecule has 0 spiro atoms. The minimum absolute atomic E-state index is 0.0903. The maximum Gasteiger partial charge on any atom is 0.123 e. The normalized spacial score (nSPS) is 11.1. The second kappa shape index (κ2) is 7.90. The second-order valence-corrected chi connectivity index (χ2v) is 6.10. The molecule has 0 aliphatic heterocycles. The van der Waals surface area contributed by atoms with Crippen LogP contribution >= 0.6 is 0 Å². The van der Waals surface area contributed by atoms with Crippen LogP contribution in [0.3, 0.4) is 0 Å². The molecule has 0 saturated carbocycles. The van der Waals surface area contributed by atoms with Gasteiger partial charge in [0.05, 0.1) is 13.2 Å². The molecule has 0 unspecified atom stereocenters. The first kappa shape index (κ1) is 16.4. The van der Waals surface area contributed by atoms with Crippen LogP contribution in [0.4, 0.5) is 0 Å². The van der Waals surface area contributed by atoms with Crippen molar-refractivity contribution in [3.05, 3.63) is 89.5 Å². The number of hydrogen-bond donors (Lipinski definition) is 1. The van der Waals surface area contributed by atoms with Gasteiger partial charge < -0.3 is 9.67 Å². The van der Waals surface area contributed by atoms with Gasteiger partial charge in [0.25, 0.3) is 0 Å². The molecule has 0 atom stereocenters. The van der Waals surface area contributed by atoms with Crippen LogP contribution < -0.4 is 0 Å². The third-order valence-electron chi connectivity index (χ3n) is 4.07. The fourth-order valence-corrected chi connectivity index (χ4v) is 2.77. The lowest BCUT2D eigenvalue weighted by atomic mass is 10.1. The summed E-state index contributed by atoms with van der Waals surface area (Å²) in [6.45, 7) is 2.58. The van der Waals surface area contributed by atoms with Crippen molar-refractivity contribution in [2.45, 2.75) is 26.2 Å². The van der Waals surface area contributed by atoms with E-state index in [0.717, 1.165) is 31.0 Å². The van der Waals surface area contributed by atoms with Crippen LogP contribution in [0.2, 0.25) is 0 Å². The molecule has 24 heavy (non-hydrogen) atoms. The van der Waals surface area contributed by atoms with Crippen molar-refractivity contribution in [1.82, 2.24) is 14.5 Å². The minimum atomic E-state index is 0.0903. The van der Waals surface area contributed by atoms with Crippen LogP contribution in [0.1, 0.15) is 22.5 Å². The van der Waals surface area contributed by atoms with E-state index in [-0.39, 0.29) is 6.61 Å². The third-order valence-corrected chi connectivity index (χ3v) is 4.07. The lowest BCUT2D eigenvalue weighted by molar-refractivity contribution is 0.281. The van der Waals surface area contributed by atoms with Gasteiger partial charge in [-0.15, -0.1) is 0 Å². The Morgan fingerprint density at radius 3 is 2.33 bits per heavy atom. The number of rotatable bonds is 7. The molecule has 4 nitrogen and oxygen atoms in total. The van der Waals surface area contributed by atoms with Crippen molar-refractivity contribution in [2.75, 3.05) is 7.05 Å². The molecule has 0 aliphatic rings. The van der Waals surface area contributed by atoms with Crippen molar-refractivity contribution in [2.24, 2.45) is 0 Å². The van der Waals surface area contributed by atoms with Crippen molar-refractivity contribution in [3.8, 4) is 0 Å². The summed E-state index contributed by atoms with van der Waals surface area (Å²) in [4.78, 5) is 6.76. The Kier molecular flexibility index (Phi) is 5.41. The lowest BCUT2D eigenvalue weighted by Gasteiger charge is -2.17. The summed E-state index contributed by atoms with van der Waals surface area (Å²) in [5.74, 6) is 1.06. The zero-order valence-corrected chi connectivity index (χ0v) is 14.0. The summed E-state index contributed by atoms with van der Waals surface area (Å²) in [6, 6.07) is 18.5. The molecular formula is C20H23N3O. The Morgan fingerprint density at radius 1 is 0.917 bits per heavy atom. The highest BCUT2D eigenvalue weighted by atomic mass is 16.3. The highest BCUT2D eigenvalue weighted by Gasteiger charge is 2.08. The largest absolute Gasteiger partial charge is 0.392 e. The number of hydrogen-bond acceptors (Lipinski definition) is 3. The van der Waals surface area contributed by atoms with Crippen molar-refractivity contribution >= 4 is 0 Å². The minimum Gasteiger partial charge on any atom is -0.392 e. The average Bonchev–Trinajstić information content (AvgIpc) is 3.03. The molecule has 1 heterocycles. The topological polar surface area (TPSA) is 41.3 Å². The quantitative estimate of drug-likeness (QED) is 0.727. The van der Waals surface area contributed by atoms with Gasteiger partial charge in [0.15, 0.2) is 0 Å². The number of benzene rings is 2. The van der Waals surface area contributed by atoms with E-state index in [1.807, 2.05) is 30.6 Å². The molecule has 0 fully saturated rings. The van der Waals surface area contributed by atoms with E-state index in [1.54, 1.807) is 0 Å². The smallest absolute Gasteiger partial charge is 0.123 e. The van der Waals surface area contributed by atoms with Crippen molar-refractivity contribution < 1.29 is 5.11 Å². The average molecular weight is 321 g/mol. The first-order valence-electron chi connectivity index (χ1n) is 8.16. The maximum absolute atomic E-state index is 9.11. The van der Waals surface area contributed by atoms with Crippen LogP contribution in [0.25, 0.3) is 0 Å². The van der Waals surface area contributed by atoms with Gasteiger partial charge in [-0.2, -0.15) is 0 Å². The van der Waals surface area contributed by atoms with E-state index in [2.05, 4.69) is 57.9 Å². The second-order valence-electron chi connectivity index (χ2n) is 6.10. The lowest BCUT2D eigenvalue weighted by Crippen LogP contribution is -2.20. The van der Waals surface area contributed by atoms with E-state index >= 15 is 0 Å². The number of nitrogens with zero attached hydrogens (tertiary/aromatic N) is 3. The van der Waals surface area contributed by atoms with Gasteiger partial charge in [-0.05, 0) is 23.7 Å². The SMILES string of the molecule is CN(Cc1ccc(CO)cc1)Cc1nccn1Cc1ccccc1. The molecule has 0 aliphatic carbocycles. The number of aliphatic hydroxyl groups is 1. The van der Waals surface area contributed by atoms with E-state index in [0.29, 0.717) is 0 Å². The summed E-state index contributed by atoms with van der Waals surface area (Å²) in [5, 5.41) is 9.11. The molecule has 2 aromatic carbocycles. The summed E-state index contributed by atoms with van der Waals surface area (Å²) in [5.41, 5.74) is 3.45. The van der Waals surface area contributed by atoms with Gasteiger partial charge in [-0.25, -0.2) is 4.98 Å². The van der Waals surface area contributed by atoms with Crippen LogP contribution in [-0.4, -0.2) is 26.6 Å². The summed E-state index contributed by atoms with van der Waals surface area (Å²) in [7, 11) is 2.10. The molecule has 1 aromatic heterocycles. The number of aromatic nitrogens is 2. The predicted octanol–water partition coefficient (Wildman–Crippen LogP) is 3.06. The third kappa shape index (κ3) is 4.31. The maximum atomic E-state index is 9.11. The Balaban J connectivity index is 1.62. The van der Waals surface area contributed by atoms with Crippen LogP contribution in [-0.2, 0) is 26.2 Å². The molecule has 3 aromatic rings. The Bertz CT molecular complexity index is 750. The van der Waals surface area contributed by atoms with Gasteiger partial charge in [0.1, 0.15) is 5.82 Å². The number of aliphatic hydroxyl groups excluding tert-OH is 1. The molecule has 4 heteroatoms. The summed E-state index contributed by atoms with van der Waals surface area (Å²) >= 11 is 0. The molecule has 3 rings (SSSR count). The molecule has 0 bridgehead atoms. The van der Waals surface area contributed by atoms with Gasteiger partial charge in [0, 0.05) is 25.5 Å². The number of imidazole rings is 1. The van der Waals surface area contributed by atoms with Crippen LogP contribution in [0.15, 0.2) is 67.0 Å².